The van der Waals surface area contributed by atoms with E-state index in [0.717, 1.165) is 11.8 Å². The molecule has 2 N–H and O–H groups in total. The van der Waals surface area contributed by atoms with E-state index in [0.29, 0.717) is 4.90 Å². The Bertz CT molecular complexity index is 677. The lowest BCUT2D eigenvalue weighted by Crippen LogP contribution is -2.46. The van der Waals surface area contributed by atoms with Gasteiger partial charge in [-0.15, -0.1) is 11.8 Å². The zero-order valence-corrected chi connectivity index (χ0v) is 15.7. The fraction of sp³-hybridized carbons (Fsp3) is 0.438. The minimum absolute atomic E-state index is 0.0467. The highest BCUT2D eigenvalue weighted by Gasteiger charge is 2.24. The van der Waals surface area contributed by atoms with E-state index in [1.807, 2.05) is 0 Å². The van der Waals surface area contributed by atoms with Gasteiger partial charge in [0.25, 0.3) is 11.6 Å². The highest BCUT2D eigenvalue weighted by Crippen LogP contribution is 2.26. The van der Waals surface area contributed by atoms with Crippen LogP contribution < -0.4 is 10.6 Å². The normalized spacial score (nSPS) is 12.8. The van der Waals surface area contributed by atoms with Crippen molar-refractivity contribution in [2.45, 2.75) is 50.0 Å². The average Bonchev–Trinajstić information content (AvgIpc) is 2.54. The fourth-order valence-electron chi connectivity index (χ4n) is 1.73. The van der Waals surface area contributed by atoms with Crippen molar-refractivity contribution in [3.63, 3.8) is 0 Å². The van der Waals surface area contributed by atoms with Gasteiger partial charge in [0.05, 0.1) is 4.92 Å². The lowest BCUT2D eigenvalue weighted by atomic mass is 10.3. The van der Waals surface area contributed by atoms with Crippen molar-refractivity contribution in [3.05, 3.63) is 34.4 Å². The van der Waals surface area contributed by atoms with E-state index in [9.17, 15) is 24.5 Å². The molecule has 0 aliphatic carbocycles. The van der Waals surface area contributed by atoms with Gasteiger partial charge in [-0.05, 0) is 39.8 Å². The van der Waals surface area contributed by atoms with Gasteiger partial charge in [-0.1, -0.05) is 0 Å². The SMILES string of the molecule is CC(C)NC(=O)NC(=O)[C@@H](C)OC(=O)[C@H](C)Sc1ccc([N+](=O)[O-])cc1. The van der Waals surface area contributed by atoms with Crippen molar-refractivity contribution in [1.29, 1.82) is 0 Å². The Morgan fingerprint density at radius 3 is 2.19 bits per heavy atom. The summed E-state index contributed by atoms with van der Waals surface area (Å²) in [5, 5.41) is 14.6. The Kier molecular flexibility index (Phi) is 8.04. The number of nitrogens with zero attached hydrogens (tertiary/aromatic N) is 1. The monoisotopic (exact) mass is 383 g/mol. The van der Waals surface area contributed by atoms with Crippen molar-refractivity contribution in [1.82, 2.24) is 10.6 Å². The maximum atomic E-state index is 12.1. The zero-order valence-electron chi connectivity index (χ0n) is 14.8. The second kappa shape index (κ2) is 9.76. The number of rotatable bonds is 7. The van der Waals surface area contributed by atoms with Crippen molar-refractivity contribution >= 4 is 35.4 Å². The molecule has 142 valence electrons. The number of hydrogen-bond donors (Lipinski definition) is 2. The second-order valence-corrected chi connectivity index (χ2v) is 7.12. The van der Waals surface area contributed by atoms with E-state index in [4.69, 9.17) is 4.74 Å². The molecule has 0 heterocycles. The van der Waals surface area contributed by atoms with Crippen LogP contribution in [0.3, 0.4) is 0 Å². The average molecular weight is 383 g/mol. The number of amides is 3. The van der Waals surface area contributed by atoms with Gasteiger partial charge in [0, 0.05) is 23.1 Å². The zero-order chi connectivity index (χ0) is 19.9. The number of urea groups is 1. The molecule has 0 fully saturated rings. The first-order chi connectivity index (χ1) is 12.1. The van der Waals surface area contributed by atoms with Gasteiger partial charge in [-0.3, -0.25) is 25.0 Å². The molecule has 0 saturated heterocycles. The number of ether oxygens (including phenoxy) is 1. The van der Waals surface area contributed by atoms with Crippen LogP contribution in [0.25, 0.3) is 0 Å². The summed E-state index contributed by atoms with van der Waals surface area (Å²) in [7, 11) is 0. The molecule has 1 rings (SSSR count). The summed E-state index contributed by atoms with van der Waals surface area (Å²) in [6.45, 7) is 6.43. The van der Waals surface area contributed by atoms with Crippen molar-refractivity contribution in [3.8, 4) is 0 Å². The molecule has 3 amide bonds. The predicted octanol–water partition coefficient (Wildman–Crippen LogP) is 2.24. The number of carbonyl (C=O) groups excluding carboxylic acids is 3. The third-order valence-corrected chi connectivity index (χ3v) is 4.10. The summed E-state index contributed by atoms with van der Waals surface area (Å²) < 4.78 is 5.05. The first kappa shape index (κ1) is 21.4. The van der Waals surface area contributed by atoms with Gasteiger partial charge in [-0.25, -0.2) is 4.79 Å². The van der Waals surface area contributed by atoms with Crippen LogP contribution in [0, 0.1) is 10.1 Å². The lowest BCUT2D eigenvalue weighted by Gasteiger charge is -2.16. The molecule has 26 heavy (non-hydrogen) atoms. The van der Waals surface area contributed by atoms with Gasteiger partial charge >= 0.3 is 12.0 Å². The number of carbonyl (C=O) groups is 3. The van der Waals surface area contributed by atoms with Crippen LogP contribution in [0.15, 0.2) is 29.2 Å². The Morgan fingerprint density at radius 2 is 1.69 bits per heavy atom. The highest BCUT2D eigenvalue weighted by molar-refractivity contribution is 8.00. The summed E-state index contributed by atoms with van der Waals surface area (Å²) >= 11 is 1.14. The molecule has 0 aliphatic heterocycles. The van der Waals surface area contributed by atoms with Gasteiger partial charge in [0.1, 0.15) is 5.25 Å². The van der Waals surface area contributed by atoms with Crippen molar-refractivity contribution in [2.24, 2.45) is 0 Å². The van der Waals surface area contributed by atoms with Crippen LogP contribution in [0.5, 0.6) is 0 Å². The Balaban J connectivity index is 2.53. The molecule has 10 heteroatoms. The van der Waals surface area contributed by atoms with Crippen molar-refractivity contribution < 1.29 is 24.0 Å². The summed E-state index contributed by atoms with van der Waals surface area (Å²) in [6, 6.07) is 4.92. The molecule has 0 aliphatic rings. The number of non-ortho nitro benzene ring substituents is 1. The third-order valence-electron chi connectivity index (χ3n) is 3.01. The number of imide groups is 1. The van der Waals surface area contributed by atoms with Crippen LogP contribution in [0.4, 0.5) is 10.5 Å². The number of esters is 1. The van der Waals surface area contributed by atoms with Gasteiger partial charge in [0.15, 0.2) is 6.10 Å². The number of benzene rings is 1. The van der Waals surface area contributed by atoms with E-state index in [1.165, 1.54) is 31.2 Å². The van der Waals surface area contributed by atoms with E-state index in [-0.39, 0.29) is 11.7 Å². The molecule has 2 atom stereocenters. The molecule has 1 aromatic carbocycles. The van der Waals surface area contributed by atoms with Crippen LogP contribution in [-0.2, 0) is 14.3 Å². The predicted molar refractivity (Wildman–Crippen MR) is 95.8 cm³/mol. The summed E-state index contributed by atoms with van der Waals surface area (Å²) in [5.41, 5.74) is -0.0467. The quantitative estimate of drug-likeness (QED) is 0.320. The van der Waals surface area contributed by atoms with Crippen LogP contribution in [0.1, 0.15) is 27.7 Å². The Morgan fingerprint density at radius 1 is 1.12 bits per heavy atom. The van der Waals surface area contributed by atoms with E-state index < -0.39 is 34.2 Å². The number of nitro benzene ring substituents is 1. The fourth-order valence-corrected chi connectivity index (χ4v) is 2.59. The molecule has 0 spiro atoms. The van der Waals surface area contributed by atoms with Crippen molar-refractivity contribution in [2.75, 3.05) is 0 Å². The van der Waals surface area contributed by atoms with Gasteiger partial charge < -0.3 is 10.1 Å². The van der Waals surface area contributed by atoms with Crippen LogP contribution >= 0.6 is 11.8 Å². The van der Waals surface area contributed by atoms with Crippen LogP contribution in [-0.4, -0.2) is 40.2 Å². The maximum Gasteiger partial charge on any atom is 0.321 e. The molecule has 9 nitrogen and oxygen atoms in total. The molecule has 0 unspecified atom stereocenters. The molecule has 0 saturated carbocycles. The first-order valence-electron chi connectivity index (χ1n) is 7.83. The summed E-state index contributed by atoms with van der Waals surface area (Å²) in [6.07, 6.45) is -1.14. The van der Waals surface area contributed by atoms with Gasteiger partial charge in [0.2, 0.25) is 0 Å². The third kappa shape index (κ3) is 7.09. The Labute approximate surface area is 155 Å². The topological polar surface area (TPSA) is 128 Å². The molecular weight excluding hydrogens is 362 g/mol. The van der Waals surface area contributed by atoms with E-state index in [2.05, 4.69) is 10.6 Å². The first-order valence-corrected chi connectivity index (χ1v) is 8.71. The standard InChI is InChI=1S/C16H21N3O6S/c1-9(2)17-16(22)18-14(20)10(3)25-15(21)11(4)26-13-7-5-12(6-8-13)19(23)24/h5-11H,1-4H3,(H2,17,18,20,22)/t10-,11+/m1/s1. The number of nitrogens with one attached hydrogen (secondary N) is 2. The number of hydrogen-bond acceptors (Lipinski definition) is 7. The van der Waals surface area contributed by atoms with Gasteiger partial charge in [-0.2, -0.15) is 0 Å². The Hall–Kier alpha value is -2.62. The molecular formula is C16H21N3O6S. The summed E-state index contributed by atoms with van der Waals surface area (Å²) in [5.74, 6) is -1.37. The highest BCUT2D eigenvalue weighted by atomic mass is 32.2. The second-order valence-electron chi connectivity index (χ2n) is 5.71. The minimum Gasteiger partial charge on any atom is -0.452 e. The summed E-state index contributed by atoms with van der Waals surface area (Å²) in [4.78, 5) is 46.1. The van der Waals surface area contributed by atoms with Crippen LogP contribution in [0.2, 0.25) is 0 Å². The molecule has 0 aromatic heterocycles. The number of thioether (sulfide) groups is 1. The van der Waals surface area contributed by atoms with E-state index >= 15 is 0 Å². The smallest absolute Gasteiger partial charge is 0.321 e. The molecule has 1 aromatic rings. The lowest BCUT2D eigenvalue weighted by molar-refractivity contribution is -0.384. The van der Waals surface area contributed by atoms with E-state index in [1.54, 1.807) is 20.8 Å². The molecule has 0 bridgehead atoms. The molecule has 0 radical (unpaired) electrons. The number of nitro groups is 1. The maximum absolute atomic E-state index is 12.1. The largest absolute Gasteiger partial charge is 0.452 e. The minimum atomic E-state index is -1.14.